The molecule has 0 atom stereocenters. The lowest BCUT2D eigenvalue weighted by Crippen LogP contribution is -2.32. The van der Waals surface area contributed by atoms with Crippen LogP contribution in [0.3, 0.4) is 0 Å². The number of rotatable bonds is 3. The Labute approximate surface area is 174 Å². The second-order valence-electron chi connectivity index (χ2n) is 9.18. The van der Waals surface area contributed by atoms with Gasteiger partial charge >= 0.3 is 0 Å². The predicted molar refractivity (Wildman–Crippen MR) is 118 cm³/mol. The van der Waals surface area contributed by atoms with Crippen molar-refractivity contribution in [2.45, 2.75) is 59.5 Å². The average molecular weight is 387 g/mol. The third-order valence-corrected chi connectivity index (χ3v) is 5.80. The molecular weight excluding hydrogens is 356 g/mol. The molecule has 0 unspecified atom stereocenters. The zero-order chi connectivity index (χ0) is 20.6. The van der Waals surface area contributed by atoms with E-state index < -0.39 is 0 Å². The first-order chi connectivity index (χ1) is 13.8. The van der Waals surface area contributed by atoms with Crippen LogP contribution >= 0.6 is 0 Å². The molecule has 4 nitrogen and oxygen atoms in total. The lowest BCUT2D eigenvalue weighted by atomic mass is 9.95. The van der Waals surface area contributed by atoms with Gasteiger partial charge in [0, 0.05) is 60.7 Å². The molecule has 0 spiro atoms. The molecule has 29 heavy (non-hydrogen) atoms. The Morgan fingerprint density at radius 1 is 1.00 bits per heavy atom. The molecule has 0 radical (unpaired) electrons. The lowest BCUT2D eigenvalue weighted by Gasteiger charge is -2.29. The molecule has 4 rings (SSSR count). The molecular formula is C25H30N4. The van der Waals surface area contributed by atoms with E-state index in [2.05, 4.69) is 74.8 Å². The molecule has 0 amide bonds. The fourth-order valence-corrected chi connectivity index (χ4v) is 3.84. The first kappa shape index (κ1) is 19.7. The second kappa shape index (κ2) is 7.68. The van der Waals surface area contributed by atoms with E-state index in [1.807, 2.05) is 12.4 Å². The van der Waals surface area contributed by atoms with Crippen LogP contribution in [0.5, 0.6) is 0 Å². The molecule has 0 saturated carbocycles. The van der Waals surface area contributed by atoms with Crippen molar-refractivity contribution in [1.29, 1.82) is 0 Å². The highest BCUT2D eigenvalue weighted by Gasteiger charge is 2.23. The molecule has 1 aromatic carbocycles. The predicted octanol–water partition coefficient (Wildman–Crippen LogP) is 5.01. The summed E-state index contributed by atoms with van der Waals surface area (Å²) in [5.74, 6) is 0.941. The van der Waals surface area contributed by atoms with Gasteiger partial charge in [0.1, 0.15) is 5.82 Å². The third kappa shape index (κ3) is 4.23. The van der Waals surface area contributed by atoms with E-state index in [0.717, 1.165) is 37.6 Å². The van der Waals surface area contributed by atoms with Crippen molar-refractivity contribution in [1.82, 2.24) is 19.9 Å². The molecule has 1 aliphatic rings. The van der Waals surface area contributed by atoms with Crippen LogP contribution in [0, 0.1) is 13.8 Å². The summed E-state index contributed by atoms with van der Waals surface area (Å²) in [6, 6.07) is 10.8. The normalized spacial score (nSPS) is 14.7. The Balaban J connectivity index is 1.46. The number of hydrogen-bond acceptors (Lipinski definition) is 4. The number of hydrogen-bond donors (Lipinski definition) is 0. The van der Waals surface area contributed by atoms with Crippen LogP contribution in [0.15, 0.2) is 42.7 Å². The standard InChI is InChI=1S/C25H30N4/c1-17-7-6-8-21(18(17)2)23-10-9-19(13-26-23)15-29-12-11-22-20(16-29)14-27-24(28-22)25(3,4)5/h6-10,13-14H,11-12,15-16H2,1-5H3. The van der Waals surface area contributed by atoms with E-state index in [0.29, 0.717) is 0 Å². The summed E-state index contributed by atoms with van der Waals surface area (Å²) < 4.78 is 0. The van der Waals surface area contributed by atoms with Crippen molar-refractivity contribution in [3.05, 3.63) is 76.5 Å². The highest BCUT2D eigenvalue weighted by molar-refractivity contribution is 5.64. The molecule has 0 bridgehead atoms. The Hall–Kier alpha value is -2.59. The molecule has 3 heterocycles. The molecule has 150 valence electrons. The van der Waals surface area contributed by atoms with Gasteiger partial charge in [0.05, 0.1) is 5.69 Å². The van der Waals surface area contributed by atoms with E-state index in [-0.39, 0.29) is 5.41 Å². The SMILES string of the molecule is Cc1cccc(-c2ccc(CN3CCc4nc(C(C)(C)C)ncc4C3)cn2)c1C. The Bertz CT molecular complexity index is 1020. The first-order valence-corrected chi connectivity index (χ1v) is 10.4. The van der Waals surface area contributed by atoms with Gasteiger partial charge in [-0.1, -0.05) is 45.0 Å². The quantitative estimate of drug-likeness (QED) is 0.634. The minimum absolute atomic E-state index is 0.00473. The van der Waals surface area contributed by atoms with E-state index in [1.54, 1.807) is 0 Å². The molecule has 4 heteroatoms. The fraction of sp³-hybridized carbons (Fsp3) is 0.400. The fourth-order valence-electron chi connectivity index (χ4n) is 3.84. The zero-order valence-corrected chi connectivity index (χ0v) is 18.2. The Morgan fingerprint density at radius 3 is 2.55 bits per heavy atom. The van der Waals surface area contributed by atoms with Crippen molar-refractivity contribution >= 4 is 0 Å². The van der Waals surface area contributed by atoms with Gasteiger partial charge < -0.3 is 0 Å². The monoisotopic (exact) mass is 386 g/mol. The maximum absolute atomic E-state index is 4.84. The van der Waals surface area contributed by atoms with Gasteiger partial charge in [-0.15, -0.1) is 0 Å². The zero-order valence-electron chi connectivity index (χ0n) is 18.2. The summed E-state index contributed by atoms with van der Waals surface area (Å²) in [5, 5.41) is 0. The van der Waals surface area contributed by atoms with E-state index in [1.165, 1.54) is 33.5 Å². The van der Waals surface area contributed by atoms with Crippen LogP contribution in [0.25, 0.3) is 11.3 Å². The maximum atomic E-state index is 4.84. The second-order valence-corrected chi connectivity index (χ2v) is 9.18. The number of benzene rings is 1. The van der Waals surface area contributed by atoms with Gasteiger partial charge in [-0.2, -0.15) is 0 Å². The minimum atomic E-state index is -0.00473. The Kier molecular flexibility index (Phi) is 5.22. The van der Waals surface area contributed by atoms with Gasteiger partial charge in [0.15, 0.2) is 0 Å². The van der Waals surface area contributed by atoms with E-state index in [4.69, 9.17) is 9.97 Å². The topological polar surface area (TPSA) is 41.9 Å². The highest BCUT2D eigenvalue weighted by atomic mass is 15.1. The van der Waals surface area contributed by atoms with Gasteiger partial charge in [-0.25, -0.2) is 9.97 Å². The lowest BCUT2D eigenvalue weighted by molar-refractivity contribution is 0.242. The van der Waals surface area contributed by atoms with Crippen LogP contribution in [-0.4, -0.2) is 26.4 Å². The highest BCUT2D eigenvalue weighted by Crippen LogP contribution is 2.25. The van der Waals surface area contributed by atoms with Crippen LogP contribution in [0.2, 0.25) is 0 Å². The van der Waals surface area contributed by atoms with Crippen molar-refractivity contribution in [3.63, 3.8) is 0 Å². The molecule has 0 aliphatic carbocycles. The maximum Gasteiger partial charge on any atom is 0.133 e. The number of pyridine rings is 1. The van der Waals surface area contributed by atoms with Crippen molar-refractivity contribution in [3.8, 4) is 11.3 Å². The largest absolute Gasteiger partial charge is 0.294 e. The number of aryl methyl sites for hydroxylation is 1. The summed E-state index contributed by atoms with van der Waals surface area (Å²) in [5.41, 5.74) is 8.57. The van der Waals surface area contributed by atoms with E-state index in [9.17, 15) is 0 Å². The van der Waals surface area contributed by atoms with Crippen LogP contribution < -0.4 is 0 Å². The summed E-state index contributed by atoms with van der Waals surface area (Å²) in [4.78, 5) is 16.7. The van der Waals surface area contributed by atoms with Gasteiger partial charge in [-0.3, -0.25) is 9.88 Å². The Morgan fingerprint density at radius 2 is 1.83 bits per heavy atom. The smallest absolute Gasteiger partial charge is 0.133 e. The summed E-state index contributed by atoms with van der Waals surface area (Å²) in [6.45, 7) is 13.6. The first-order valence-electron chi connectivity index (χ1n) is 10.4. The molecule has 0 N–H and O–H groups in total. The van der Waals surface area contributed by atoms with Crippen LogP contribution in [0.4, 0.5) is 0 Å². The summed E-state index contributed by atoms with van der Waals surface area (Å²) >= 11 is 0. The summed E-state index contributed by atoms with van der Waals surface area (Å²) in [6.07, 6.45) is 5.03. The molecule has 0 fully saturated rings. The number of aromatic nitrogens is 3. The number of fused-ring (bicyclic) bond motifs is 1. The summed E-state index contributed by atoms with van der Waals surface area (Å²) in [7, 11) is 0. The molecule has 0 saturated heterocycles. The van der Waals surface area contributed by atoms with Gasteiger partial charge in [-0.05, 0) is 36.6 Å². The minimum Gasteiger partial charge on any atom is -0.294 e. The van der Waals surface area contributed by atoms with Gasteiger partial charge in [0.25, 0.3) is 0 Å². The third-order valence-electron chi connectivity index (χ3n) is 5.80. The van der Waals surface area contributed by atoms with Crippen molar-refractivity contribution in [2.75, 3.05) is 6.54 Å². The van der Waals surface area contributed by atoms with E-state index >= 15 is 0 Å². The molecule has 2 aromatic heterocycles. The van der Waals surface area contributed by atoms with Crippen molar-refractivity contribution in [2.24, 2.45) is 0 Å². The van der Waals surface area contributed by atoms with Crippen LogP contribution in [-0.2, 0) is 24.9 Å². The average Bonchev–Trinajstić information content (AvgIpc) is 2.70. The van der Waals surface area contributed by atoms with Gasteiger partial charge in [0.2, 0.25) is 0 Å². The van der Waals surface area contributed by atoms with Crippen LogP contribution in [0.1, 0.15) is 54.5 Å². The van der Waals surface area contributed by atoms with Crippen molar-refractivity contribution < 1.29 is 0 Å². The molecule has 3 aromatic rings. The molecule has 1 aliphatic heterocycles. The number of nitrogens with zero attached hydrogens (tertiary/aromatic N) is 4.